The number of fused-ring (bicyclic) bond motifs is 2. The molecule has 3 aromatic carbocycles. The zero-order chi connectivity index (χ0) is 15.8. The van der Waals surface area contributed by atoms with Crippen LogP contribution < -0.4 is 0 Å². The van der Waals surface area contributed by atoms with Crippen LogP contribution in [0.2, 0.25) is 0 Å². The van der Waals surface area contributed by atoms with E-state index in [2.05, 4.69) is 24.3 Å². The van der Waals surface area contributed by atoms with Gasteiger partial charge < -0.3 is 0 Å². The lowest BCUT2D eigenvalue weighted by molar-refractivity contribution is -0.383. The SMILES string of the molecule is O=[N+]([O-])c1cccc2c1ccn2Sc1cccc2ccccc12. The van der Waals surface area contributed by atoms with E-state index in [9.17, 15) is 10.1 Å². The van der Waals surface area contributed by atoms with E-state index >= 15 is 0 Å². The molecule has 0 radical (unpaired) electrons. The highest BCUT2D eigenvalue weighted by Crippen LogP contribution is 2.34. The molecule has 1 aromatic heterocycles. The maximum Gasteiger partial charge on any atom is 0.278 e. The van der Waals surface area contributed by atoms with Gasteiger partial charge in [0.1, 0.15) is 0 Å². The predicted octanol–water partition coefficient (Wildman–Crippen LogP) is 5.26. The quantitative estimate of drug-likeness (QED) is 0.382. The maximum absolute atomic E-state index is 11.1. The van der Waals surface area contributed by atoms with E-state index in [4.69, 9.17) is 0 Å². The molecule has 112 valence electrons. The Labute approximate surface area is 136 Å². The predicted molar refractivity (Wildman–Crippen MR) is 93.8 cm³/mol. The van der Waals surface area contributed by atoms with Crippen molar-refractivity contribution in [1.82, 2.24) is 3.97 Å². The van der Waals surface area contributed by atoms with Crippen molar-refractivity contribution in [3.05, 3.63) is 83.0 Å². The van der Waals surface area contributed by atoms with Gasteiger partial charge in [-0.15, -0.1) is 0 Å². The standard InChI is InChI=1S/C18H12N2O2S/c21-20(22)17-9-4-8-16-15(17)11-12-19(16)23-18-10-3-6-13-5-1-2-7-14(13)18/h1-12H. The van der Waals surface area contributed by atoms with Gasteiger partial charge in [0.25, 0.3) is 5.69 Å². The van der Waals surface area contributed by atoms with E-state index in [1.54, 1.807) is 24.1 Å². The summed E-state index contributed by atoms with van der Waals surface area (Å²) in [4.78, 5) is 11.9. The number of aromatic nitrogens is 1. The second-order valence-corrected chi connectivity index (χ2v) is 6.19. The Morgan fingerprint density at radius 1 is 0.870 bits per heavy atom. The van der Waals surface area contributed by atoms with Gasteiger partial charge in [-0.3, -0.25) is 14.1 Å². The van der Waals surface area contributed by atoms with Gasteiger partial charge in [-0.2, -0.15) is 0 Å². The number of nitrogens with zero attached hydrogens (tertiary/aromatic N) is 2. The smallest absolute Gasteiger partial charge is 0.278 e. The van der Waals surface area contributed by atoms with Crippen LogP contribution in [0.5, 0.6) is 0 Å². The molecule has 23 heavy (non-hydrogen) atoms. The first-order valence-corrected chi connectivity index (χ1v) is 7.92. The Morgan fingerprint density at radius 3 is 2.52 bits per heavy atom. The molecule has 1 heterocycles. The first kappa shape index (κ1) is 13.8. The summed E-state index contributed by atoms with van der Waals surface area (Å²) >= 11 is 1.57. The topological polar surface area (TPSA) is 48.1 Å². The summed E-state index contributed by atoms with van der Waals surface area (Å²) in [6, 6.07) is 21.3. The summed E-state index contributed by atoms with van der Waals surface area (Å²) in [5.74, 6) is 0. The van der Waals surface area contributed by atoms with Crippen molar-refractivity contribution < 1.29 is 4.92 Å². The highest BCUT2D eigenvalue weighted by Gasteiger charge is 2.14. The second-order valence-electron chi connectivity index (χ2n) is 5.18. The molecule has 4 aromatic rings. The lowest BCUT2D eigenvalue weighted by Crippen LogP contribution is -1.89. The second kappa shape index (κ2) is 5.44. The highest BCUT2D eigenvalue weighted by molar-refractivity contribution is 7.98. The van der Waals surface area contributed by atoms with Gasteiger partial charge in [0, 0.05) is 17.2 Å². The number of nitro groups is 1. The Kier molecular flexibility index (Phi) is 3.28. The molecule has 0 aliphatic carbocycles. The zero-order valence-corrected chi connectivity index (χ0v) is 12.9. The molecular weight excluding hydrogens is 308 g/mol. The third kappa shape index (κ3) is 2.35. The van der Waals surface area contributed by atoms with Crippen LogP contribution >= 0.6 is 11.9 Å². The summed E-state index contributed by atoms with van der Waals surface area (Å²) in [6.07, 6.45) is 1.88. The molecule has 0 saturated heterocycles. The Bertz CT molecular complexity index is 1030. The molecular formula is C18H12N2O2S. The molecule has 0 aliphatic heterocycles. The van der Waals surface area contributed by atoms with Crippen LogP contribution in [0, 0.1) is 10.1 Å². The summed E-state index contributed by atoms with van der Waals surface area (Å²) < 4.78 is 1.98. The van der Waals surface area contributed by atoms with E-state index in [1.807, 2.05) is 34.4 Å². The normalized spacial score (nSPS) is 11.1. The monoisotopic (exact) mass is 320 g/mol. The minimum absolute atomic E-state index is 0.139. The van der Waals surface area contributed by atoms with Gasteiger partial charge in [-0.1, -0.05) is 42.5 Å². The highest BCUT2D eigenvalue weighted by atomic mass is 32.2. The molecule has 4 nitrogen and oxygen atoms in total. The maximum atomic E-state index is 11.1. The fourth-order valence-corrected chi connectivity index (χ4v) is 3.76. The van der Waals surface area contributed by atoms with E-state index in [-0.39, 0.29) is 10.6 Å². The third-order valence-electron chi connectivity index (χ3n) is 3.82. The van der Waals surface area contributed by atoms with Crippen LogP contribution in [-0.2, 0) is 0 Å². The Hall–Kier alpha value is -2.79. The molecule has 0 N–H and O–H groups in total. The molecule has 0 atom stereocenters. The van der Waals surface area contributed by atoms with Gasteiger partial charge >= 0.3 is 0 Å². The average Bonchev–Trinajstić information content (AvgIpc) is 2.98. The molecule has 0 aliphatic rings. The van der Waals surface area contributed by atoms with E-state index in [0.717, 1.165) is 10.4 Å². The van der Waals surface area contributed by atoms with Crippen LogP contribution in [0.4, 0.5) is 5.69 Å². The van der Waals surface area contributed by atoms with Crippen LogP contribution in [0.1, 0.15) is 0 Å². The fourth-order valence-electron chi connectivity index (χ4n) is 2.75. The molecule has 0 bridgehead atoms. The van der Waals surface area contributed by atoms with Crippen molar-refractivity contribution in [3.63, 3.8) is 0 Å². The molecule has 0 amide bonds. The lowest BCUT2D eigenvalue weighted by atomic mass is 10.1. The molecule has 0 fully saturated rings. The van der Waals surface area contributed by atoms with Gasteiger partial charge in [-0.25, -0.2) is 0 Å². The van der Waals surface area contributed by atoms with Gasteiger partial charge in [0.15, 0.2) is 0 Å². The van der Waals surface area contributed by atoms with E-state index in [0.29, 0.717) is 5.39 Å². The number of rotatable bonds is 3. The minimum Gasteiger partial charge on any atom is -0.287 e. The van der Waals surface area contributed by atoms with Crippen LogP contribution in [-0.4, -0.2) is 8.90 Å². The molecule has 0 saturated carbocycles. The van der Waals surface area contributed by atoms with Gasteiger partial charge in [0.2, 0.25) is 0 Å². The molecule has 4 rings (SSSR count). The molecule has 0 spiro atoms. The fraction of sp³-hybridized carbons (Fsp3) is 0. The largest absolute Gasteiger partial charge is 0.287 e. The number of hydrogen-bond acceptors (Lipinski definition) is 3. The van der Waals surface area contributed by atoms with Crippen LogP contribution in [0.25, 0.3) is 21.7 Å². The van der Waals surface area contributed by atoms with Crippen molar-refractivity contribution >= 4 is 39.3 Å². The van der Waals surface area contributed by atoms with E-state index in [1.165, 1.54) is 16.8 Å². The van der Waals surface area contributed by atoms with Crippen molar-refractivity contribution in [2.24, 2.45) is 0 Å². The van der Waals surface area contributed by atoms with E-state index < -0.39 is 0 Å². The first-order valence-electron chi connectivity index (χ1n) is 7.14. The summed E-state index contributed by atoms with van der Waals surface area (Å²) in [7, 11) is 0. The van der Waals surface area contributed by atoms with Gasteiger partial charge in [-0.05, 0) is 40.9 Å². The Morgan fingerprint density at radius 2 is 1.65 bits per heavy atom. The first-order chi connectivity index (χ1) is 11.2. The molecule has 0 unspecified atom stereocenters. The Balaban J connectivity index is 1.84. The number of nitro benzene ring substituents is 1. The summed E-state index contributed by atoms with van der Waals surface area (Å²) in [6.45, 7) is 0. The molecule has 5 heteroatoms. The third-order valence-corrected chi connectivity index (χ3v) is 4.88. The van der Waals surface area contributed by atoms with Crippen molar-refractivity contribution in [2.75, 3.05) is 0 Å². The number of non-ortho nitro benzene ring substituents is 1. The number of hydrogen-bond donors (Lipinski definition) is 0. The van der Waals surface area contributed by atoms with Crippen molar-refractivity contribution in [2.45, 2.75) is 4.90 Å². The lowest BCUT2D eigenvalue weighted by Gasteiger charge is -2.08. The average molecular weight is 320 g/mol. The van der Waals surface area contributed by atoms with Gasteiger partial charge in [0.05, 0.1) is 15.8 Å². The van der Waals surface area contributed by atoms with Crippen LogP contribution in [0.3, 0.4) is 0 Å². The van der Waals surface area contributed by atoms with Crippen LogP contribution in [0.15, 0.2) is 77.8 Å². The number of benzene rings is 3. The van der Waals surface area contributed by atoms with Crippen molar-refractivity contribution in [1.29, 1.82) is 0 Å². The summed E-state index contributed by atoms with van der Waals surface area (Å²) in [5.41, 5.74) is 0.983. The van der Waals surface area contributed by atoms with Crippen molar-refractivity contribution in [3.8, 4) is 0 Å². The summed E-state index contributed by atoms with van der Waals surface area (Å²) in [5, 5.41) is 14.2. The zero-order valence-electron chi connectivity index (χ0n) is 12.0. The minimum atomic E-state index is -0.338.